The van der Waals surface area contributed by atoms with Gasteiger partial charge in [-0.3, -0.25) is 4.98 Å². The van der Waals surface area contributed by atoms with Crippen molar-refractivity contribution in [3.05, 3.63) is 46.5 Å². The van der Waals surface area contributed by atoms with E-state index >= 15 is 0 Å². The number of aromatic nitrogens is 4. The second-order valence-electron chi connectivity index (χ2n) is 5.06. The summed E-state index contributed by atoms with van der Waals surface area (Å²) >= 11 is 1.33. The molecule has 0 saturated carbocycles. The van der Waals surface area contributed by atoms with Crippen molar-refractivity contribution in [2.75, 3.05) is 12.4 Å². The van der Waals surface area contributed by atoms with Crippen molar-refractivity contribution in [1.82, 2.24) is 19.6 Å². The molecule has 2 aromatic heterocycles. The Morgan fingerprint density at radius 2 is 2.25 bits per heavy atom. The molecule has 1 unspecified atom stereocenters. The second kappa shape index (κ2) is 5.90. The van der Waals surface area contributed by atoms with Crippen molar-refractivity contribution < 1.29 is 9.47 Å². The number of aromatic amines is 1. The highest BCUT2D eigenvalue weighted by Crippen LogP contribution is 2.32. The Bertz CT molecular complexity index is 1010. The maximum absolute atomic E-state index is 12.0. The molecule has 24 heavy (non-hydrogen) atoms. The van der Waals surface area contributed by atoms with Gasteiger partial charge in [-0.25, -0.2) is 9.78 Å². The zero-order chi connectivity index (χ0) is 16.5. The van der Waals surface area contributed by atoms with Gasteiger partial charge in [0.1, 0.15) is 24.3 Å². The molecule has 4 rings (SSSR count). The fourth-order valence-electron chi connectivity index (χ4n) is 2.33. The van der Waals surface area contributed by atoms with Crippen LogP contribution < -0.4 is 15.2 Å². The van der Waals surface area contributed by atoms with Gasteiger partial charge in [-0.05, 0) is 12.1 Å². The van der Waals surface area contributed by atoms with Crippen LogP contribution in [0.3, 0.4) is 0 Å². The molecule has 0 amide bonds. The third-order valence-electron chi connectivity index (χ3n) is 3.45. The van der Waals surface area contributed by atoms with E-state index in [0.717, 1.165) is 10.3 Å². The first-order chi connectivity index (χ1) is 11.7. The second-order valence-corrected chi connectivity index (χ2v) is 6.07. The van der Waals surface area contributed by atoms with Crippen LogP contribution in [0.25, 0.3) is 5.65 Å². The van der Waals surface area contributed by atoms with E-state index in [1.165, 1.54) is 18.0 Å². The molecule has 9 heteroatoms. The minimum atomic E-state index is -0.435. The number of fused-ring (bicyclic) bond motifs is 2. The Kier molecular flexibility index (Phi) is 3.59. The third kappa shape index (κ3) is 2.57. The molecule has 0 bridgehead atoms. The number of hydrogen-bond acceptors (Lipinski definition) is 7. The first-order valence-electron chi connectivity index (χ1n) is 7.14. The van der Waals surface area contributed by atoms with Gasteiger partial charge in [-0.2, -0.15) is 14.9 Å². The highest BCUT2D eigenvalue weighted by Gasteiger charge is 2.21. The Labute approximate surface area is 140 Å². The molecule has 1 aliphatic rings. The molecule has 120 valence electrons. The average Bonchev–Trinajstić information content (AvgIpc) is 3.03. The molecule has 1 aliphatic heterocycles. The lowest BCUT2D eigenvalue weighted by Crippen LogP contribution is -2.31. The molecule has 0 aliphatic carbocycles. The first kappa shape index (κ1) is 14.6. The topological polar surface area (TPSA) is 105 Å². The normalized spacial score (nSPS) is 16.0. The van der Waals surface area contributed by atoms with Crippen LogP contribution >= 0.6 is 11.8 Å². The number of ether oxygens (including phenoxy) is 2. The monoisotopic (exact) mass is 341 g/mol. The molecule has 0 spiro atoms. The maximum atomic E-state index is 12.0. The molecule has 3 aromatic rings. The molecular formula is C15H11N5O3S. The molecule has 1 atom stereocenters. The lowest BCUT2D eigenvalue weighted by atomic mass is 10.3. The Hall–Kier alpha value is -2.99. The van der Waals surface area contributed by atoms with Gasteiger partial charge in [0.05, 0.1) is 6.20 Å². The van der Waals surface area contributed by atoms with Gasteiger partial charge in [-0.1, -0.05) is 23.9 Å². The van der Waals surface area contributed by atoms with Gasteiger partial charge >= 0.3 is 5.69 Å². The summed E-state index contributed by atoms with van der Waals surface area (Å²) in [5.74, 6) is 1.97. The SMILES string of the molecule is N#Cc1cnn2c(=O)[nH]c(SCC3COc4ccccc4O3)nc12. The van der Waals surface area contributed by atoms with Gasteiger partial charge in [0.25, 0.3) is 0 Å². The largest absolute Gasteiger partial charge is 0.486 e. The number of hydrogen-bond donors (Lipinski definition) is 1. The molecule has 1 aromatic carbocycles. The van der Waals surface area contributed by atoms with Crippen molar-refractivity contribution in [2.45, 2.75) is 11.3 Å². The highest BCUT2D eigenvalue weighted by molar-refractivity contribution is 7.99. The lowest BCUT2D eigenvalue weighted by molar-refractivity contribution is 0.107. The van der Waals surface area contributed by atoms with E-state index in [1.807, 2.05) is 30.3 Å². The summed E-state index contributed by atoms with van der Waals surface area (Å²) in [6.07, 6.45) is 1.16. The molecule has 8 nitrogen and oxygen atoms in total. The van der Waals surface area contributed by atoms with Gasteiger partial charge in [-0.15, -0.1) is 0 Å². The van der Waals surface area contributed by atoms with Crippen LogP contribution in [0.4, 0.5) is 0 Å². The van der Waals surface area contributed by atoms with E-state index < -0.39 is 5.69 Å². The van der Waals surface area contributed by atoms with E-state index in [2.05, 4.69) is 15.1 Å². The zero-order valence-electron chi connectivity index (χ0n) is 12.3. The van der Waals surface area contributed by atoms with Gasteiger partial charge in [0, 0.05) is 5.75 Å². The Morgan fingerprint density at radius 1 is 1.42 bits per heavy atom. The average molecular weight is 341 g/mol. The predicted molar refractivity (Wildman–Crippen MR) is 85.4 cm³/mol. The van der Waals surface area contributed by atoms with E-state index in [1.54, 1.807) is 0 Å². The smallest absolute Gasteiger partial charge is 0.350 e. The fraction of sp³-hybridized carbons (Fsp3) is 0.200. The molecule has 1 N–H and O–H groups in total. The number of H-pyrrole nitrogens is 1. The molecule has 0 radical (unpaired) electrons. The summed E-state index contributed by atoms with van der Waals surface area (Å²) < 4.78 is 12.6. The molecule has 0 fully saturated rings. The van der Waals surface area contributed by atoms with Crippen LogP contribution in [-0.2, 0) is 0 Å². The van der Waals surface area contributed by atoms with Gasteiger partial charge < -0.3 is 9.47 Å². The van der Waals surface area contributed by atoms with Crippen molar-refractivity contribution in [1.29, 1.82) is 5.26 Å². The van der Waals surface area contributed by atoms with E-state index in [4.69, 9.17) is 14.7 Å². The number of nitriles is 1. The van der Waals surface area contributed by atoms with Gasteiger partial charge in [0.2, 0.25) is 0 Å². The number of nitrogens with zero attached hydrogens (tertiary/aromatic N) is 4. The number of rotatable bonds is 3. The van der Waals surface area contributed by atoms with Crippen molar-refractivity contribution in [3.8, 4) is 17.6 Å². The van der Waals surface area contributed by atoms with E-state index in [-0.39, 0.29) is 17.3 Å². The molecular weight excluding hydrogens is 330 g/mol. The van der Waals surface area contributed by atoms with Crippen LogP contribution in [0.15, 0.2) is 40.4 Å². The first-order valence-corrected chi connectivity index (χ1v) is 8.12. The summed E-state index contributed by atoms with van der Waals surface area (Å²) in [6.45, 7) is 0.423. The van der Waals surface area contributed by atoms with Crippen LogP contribution in [0.5, 0.6) is 11.5 Å². The standard InChI is InChI=1S/C15H11N5O3S/c16-5-9-6-17-20-13(9)18-14(19-15(20)21)24-8-10-7-22-11-3-1-2-4-12(11)23-10/h1-4,6,10H,7-8H2,(H,18,19,21). The summed E-state index contributed by atoms with van der Waals surface area (Å²) in [5.41, 5.74) is 0.0687. The minimum Gasteiger partial charge on any atom is -0.486 e. The van der Waals surface area contributed by atoms with E-state index in [9.17, 15) is 4.79 Å². The number of thioether (sulfide) groups is 1. The molecule has 3 heterocycles. The highest BCUT2D eigenvalue weighted by atomic mass is 32.2. The number of benzene rings is 1. The van der Waals surface area contributed by atoms with Crippen molar-refractivity contribution in [3.63, 3.8) is 0 Å². The van der Waals surface area contributed by atoms with Crippen molar-refractivity contribution >= 4 is 17.4 Å². The summed E-state index contributed by atoms with van der Waals surface area (Å²) in [5, 5.41) is 13.3. The van der Waals surface area contributed by atoms with Crippen LogP contribution in [0, 0.1) is 11.3 Å². The third-order valence-corrected chi connectivity index (χ3v) is 4.46. The van der Waals surface area contributed by atoms with Crippen LogP contribution in [-0.4, -0.2) is 38.0 Å². The number of para-hydroxylation sites is 2. The van der Waals surface area contributed by atoms with Crippen molar-refractivity contribution in [2.24, 2.45) is 0 Å². The summed E-state index contributed by atoms with van der Waals surface area (Å²) in [7, 11) is 0. The minimum absolute atomic E-state index is 0.160. The fourth-order valence-corrected chi connectivity index (χ4v) is 3.15. The maximum Gasteiger partial charge on any atom is 0.350 e. The Morgan fingerprint density at radius 3 is 3.08 bits per heavy atom. The van der Waals surface area contributed by atoms with Crippen LogP contribution in [0.2, 0.25) is 0 Å². The van der Waals surface area contributed by atoms with Gasteiger partial charge in [0.15, 0.2) is 22.3 Å². The van der Waals surface area contributed by atoms with Crippen LogP contribution in [0.1, 0.15) is 5.56 Å². The zero-order valence-corrected chi connectivity index (χ0v) is 13.1. The molecule has 0 saturated heterocycles. The van der Waals surface area contributed by atoms with E-state index in [0.29, 0.717) is 23.3 Å². The lowest BCUT2D eigenvalue weighted by Gasteiger charge is -2.25. The quantitative estimate of drug-likeness (QED) is 0.714. The predicted octanol–water partition coefficient (Wildman–Crippen LogP) is 1.22. The summed E-state index contributed by atoms with van der Waals surface area (Å²) in [4.78, 5) is 18.9. The Balaban J connectivity index is 1.52. The number of nitrogens with one attached hydrogen (secondary N) is 1. The summed E-state index contributed by atoms with van der Waals surface area (Å²) in [6, 6.07) is 9.45.